The monoisotopic (exact) mass is 524 g/mol. The van der Waals surface area contributed by atoms with Gasteiger partial charge in [0.2, 0.25) is 0 Å². The van der Waals surface area contributed by atoms with Crippen molar-refractivity contribution in [3.8, 4) is 0 Å². The maximum atomic E-state index is 12.1. The maximum Gasteiger partial charge on any atom is 0.319 e. The molecule has 0 aliphatic carbocycles. The number of nitrogens with one attached hydrogen (secondary N) is 2. The van der Waals surface area contributed by atoms with Crippen molar-refractivity contribution in [3.05, 3.63) is 40.9 Å². The predicted molar refractivity (Wildman–Crippen MR) is 131 cm³/mol. The minimum atomic E-state index is -1.74. The second-order valence-electron chi connectivity index (χ2n) is 8.34. The fourth-order valence-corrected chi connectivity index (χ4v) is 4.20. The molecule has 3 atom stereocenters. The summed E-state index contributed by atoms with van der Waals surface area (Å²) in [6.45, 7) is 1.27. The van der Waals surface area contributed by atoms with Gasteiger partial charge >= 0.3 is 6.03 Å². The van der Waals surface area contributed by atoms with E-state index in [1.165, 1.54) is 17.2 Å². The van der Waals surface area contributed by atoms with E-state index in [1.807, 2.05) is 11.9 Å². The van der Waals surface area contributed by atoms with Gasteiger partial charge in [-0.15, -0.1) is 0 Å². The van der Waals surface area contributed by atoms with E-state index < -0.39 is 17.9 Å². The number of hydrogen-bond donors (Lipinski definition) is 5. The highest BCUT2D eigenvalue weighted by atomic mass is 35.5. The topological polar surface area (TPSA) is 164 Å². The normalized spacial score (nSPS) is 22.1. The van der Waals surface area contributed by atoms with Crippen molar-refractivity contribution in [1.82, 2.24) is 29.7 Å². The summed E-state index contributed by atoms with van der Waals surface area (Å²) in [5.74, 6) is 0.182. The first-order valence-corrected chi connectivity index (χ1v) is 11.6. The number of nitrogens with zero attached hydrogens (tertiary/aromatic N) is 5. The fraction of sp³-hybridized carbons (Fsp3) is 0.429. The molecule has 0 radical (unpaired) electrons. The first-order valence-electron chi connectivity index (χ1n) is 10.8. The number of ether oxygens (including phenoxy) is 1. The van der Waals surface area contributed by atoms with E-state index in [0.29, 0.717) is 53.0 Å². The average molecular weight is 525 g/mol. The minimum Gasteiger partial charge on any atom is -0.385 e. The molecule has 0 saturated carbocycles. The molecule has 35 heavy (non-hydrogen) atoms. The number of halogens is 2. The van der Waals surface area contributed by atoms with Gasteiger partial charge in [0.15, 0.2) is 17.2 Å². The molecular weight excluding hydrogens is 499 g/mol. The van der Waals surface area contributed by atoms with Crippen molar-refractivity contribution < 1.29 is 19.7 Å². The third kappa shape index (κ3) is 5.42. The number of aliphatic hydroxyl groups is 2. The zero-order chi connectivity index (χ0) is 25.2. The van der Waals surface area contributed by atoms with Crippen LogP contribution in [0, 0.1) is 0 Å². The van der Waals surface area contributed by atoms with Gasteiger partial charge in [0.25, 0.3) is 0 Å². The Morgan fingerprint density at radius 1 is 1.34 bits per heavy atom. The number of nitrogen functional groups attached to an aromatic ring is 1. The number of imidazole rings is 1. The van der Waals surface area contributed by atoms with E-state index in [4.69, 9.17) is 33.7 Å². The molecule has 2 aromatic heterocycles. The van der Waals surface area contributed by atoms with Crippen molar-refractivity contribution in [3.63, 3.8) is 0 Å². The summed E-state index contributed by atoms with van der Waals surface area (Å²) in [4.78, 5) is 26.2. The fourth-order valence-electron chi connectivity index (χ4n) is 3.90. The minimum absolute atomic E-state index is 0.140. The number of nitrogens with two attached hydrogens (primary N) is 1. The van der Waals surface area contributed by atoms with Gasteiger partial charge in [-0.25, -0.2) is 19.7 Å². The molecule has 1 aromatic carbocycles. The molecule has 12 nitrogen and oxygen atoms in total. The first-order chi connectivity index (χ1) is 16.7. The summed E-state index contributed by atoms with van der Waals surface area (Å²) in [5, 5.41) is 28.3. The standard InChI is InChI=1S/C21H26Cl2N8O4/c1-30(6-2-5-25-20(33)29-12-3-4-13(22)14(23)7-12)8-15-17(32)21(34,9-35-15)31-11-28-16-18(24)26-10-27-19(16)31/h3-4,7,10-11,15,17,32,34H,2,5-6,8-9H2,1H3,(H2,24,26,27)(H2,25,29,33). The van der Waals surface area contributed by atoms with Crippen LogP contribution in [0.3, 0.4) is 0 Å². The van der Waals surface area contributed by atoms with Crippen LogP contribution in [0.5, 0.6) is 0 Å². The third-order valence-electron chi connectivity index (χ3n) is 5.79. The molecule has 2 amide bonds. The average Bonchev–Trinajstić information content (AvgIpc) is 3.38. The van der Waals surface area contributed by atoms with Gasteiger partial charge in [-0.2, -0.15) is 0 Å². The van der Waals surface area contributed by atoms with Crippen LogP contribution in [0.25, 0.3) is 11.2 Å². The van der Waals surface area contributed by atoms with Crippen LogP contribution < -0.4 is 16.4 Å². The van der Waals surface area contributed by atoms with E-state index >= 15 is 0 Å². The summed E-state index contributed by atoms with van der Waals surface area (Å²) in [6, 6.07) is 4.47. The second-order valence-corrected chi connectivity index (χ2v) is 9.16. The molecule has 6 N–H and O–H groups in total. The number of urea groups is 1. The number of fused-ring (bicyclic) bond motifs is 1. The van der Waals surface area contributed by atoms with Crippen LogP contribution in [-0.2, 0) is 10.5 Å². The number of aliphatic hydroxyl groups excluding tert-OH is 1. The van der Waals surface area contributed by atoms with Gasteiger partial charge in [-0.1, -0.05) is 23.2 Å². The van der Waals surface area contributed by atoms with Gasteiger partial charge in [0.05, 0.1) is 23.0 Å². The Kier molecular flexibility index (Phi) is 7.59. The zero-order valence-electron chi connectivity index (χ0n) is 18.9. The number of amides is 2. The predicted octanol–water partition coefficient (Wildman–Crippen LogP) is 1.26. The molecular formula is C21H26Cl2N8O4. The number of carbonyl (C=O) groups excluding carboxylic acids is 1. The lowest BCUT2D eigenvalue weighted by molar-refractivity contribution is -0.108. The number of hydrogen-bond acceptors (Lipinski definition) is 9. The molecule has 3 unspecified atom stereocenters. The van der Waals surface area contributed by atoms with Gasteiger partial charge in [0, 0.05) is 18.8 Å². The summed E-state index contributed by atoms with van der Waals surface area (Å²) in [7, 11) is 1.86. The largest absolute Gasteiger partial charge is 0.385 e. The van der Waals surface area contributed by atoms with E-state index in [2.05, 4.69) is 25.6 Å². The van der Waals surface area contributed by atoms with Crippen LogP contribution in [0.15, 0.2) is 30.9 Å². The summed E-state index contributed by atoms with van der Waals surface area (Å²) < 4.78 is 7.08. The van der Waals surface area contributed by atoms with E-state index in [1.54, 1.807) is 18.2 Å². The summed E-state index contributed by atoms with van der Waals surface area (Å²) in [5.41, 5.74) is 5.25. The quantitative estimate of drug-likeness (QED) is 0.273. The zero-order valence-corrected chi connectivity index (χ0v) is 20.4. The van der Waals surface area contributed by atoms with Crippen molar-refractivity contribution in [2.75, 3.05) is 44.3 Å². The number of benzene rings is 1. The Hall–Kier alpha value is -2.74. The Morgan fingerprint density at radius 3 is 2.91 bits per heavy atom. The molecule has 188 valence electrons. The Balaban J connectivity index is 1.24. The molecule has 0 spiro atoms. The second kappa shape index (κ2) is 10.5. The smallest absolute Gasteiger partial charge is 0.319 e. The molecule has 3 aromatic rings. The Labute approximate surface area is 211 Å². The molecule has 4 rings (SSSR count). The molecule has 1 aliphatic heterocycles. The van der Waals surface area contributed by atoms with Crippen LogP contribution >= 0.6 is 23.2 Å². The Bertz CT molecular complexity index is 1210. The molecule has 0 bridgehead atoms. The highest BCUT2D eigenvalue weighted by Crippen LogP contribution is 2.32. The highest BCUT2D eigenvalue weighted by molar-refractivity contribution is 6.42. The maximum absolute atomic E-state index is 12.1. The van der Waals surface area contributed by atoms with Crippen LogP contribution in [0.1, 0.15) is 6.42 Å². The third-order valence-corrected chi connectivity index (χ3v) is 6.52. The molecule has 1 saturated heterocycles. The molecule has 14 heteroatoms. The van der Waals surface area contributed by atoms with Gasteiger partial charge in [-0.05, 0) is 38.2 Å². The lowest BCUT2D eigenvalue weighted by Gasteiger charge is -2.29. The van der Waals surface area contributed by atoms with Crippen LogP contribution in [-0.4, -0.2) is 86.2 Å². The van der Waals surface area contributed by atoms with Gasteiger partial charge in [0.1, 0.15) is 24.1 Å². The summed E-state index contributed by atoms with van der Waals surface area (Å²) >= 11 is 11.8. The van der Waals surface area contributed by atoms with Crippen molar-refractivity contribution in [1.29, 1.82) is 0 Å². The lowest BCUT2D eigenvalue weighted by atomic mass is 10.0. The van der Waals surface area contributed by atoms with Gasteiger partial charge in [-0.3, -0.25) is 4.57 Å². The molecule has 1 fully saturated rings. The van der Waals surface area contributed by atoms with E-state index in [-0.39, 0.29) is 18.5 Å². The summed E-state index contributed by atoms with van der Waals surface area (Å²) in [6.07, 6.45) is 1.41. The van der Waals surface area contributed by atoms with Crippen molar-refractivity contribution in [2.45, 2.75) is 24.4 Å². The van der Waals surface area contributed by atoms with Crippen molar-refractivity contribution >= 4 is 51.9 Å². The number of likely N-dealkylation sites (N-methyl/N-ethyl adjacent to an activating group) is 1. The van der Waals surface area contributed by atoms with Crippen molar-refractivity contribution in [2.24, 2.45) is 0 Å². The number of rotatable bonds is 8. The highest BCUT2D eigenvalue weighted by Gasteiger charge is 2.50. The Morgan fingerprint density at radius 2 is 2.14 bits per heavy atom. The number of aromatic nitrogens is 4. The first kappa shape index (κ1) is 25.4. The van der Waals surface area contributed by atoms with E-state index in [9.17, 15) is 15.0 Å². The van der Waals surface area contributed by atoms with Crippen LogP contribution in [0.4, 0.5) is 16.3 Å². The van der Waals surface area contributed by atoms with E-state index in [0.717, 1.165) is 0 Å². The number of carbonyl (C=O) groups is 1. The molecule has 1 aliphatic rings. The van der Waals surface area contributed by atoms with Gasteiger partial charge < -0.3 is 36.2 Å². The van der Waals surface area contributed by atoms with Crippen LogP contribution in [0.2, 0.25) is 10.0 Å². The lowest BCUT2D eigenvalue weighted by Crippen LogP contribution is -2.48. The molecule has 3 heterocycles. The number of anilines is 2. The SMILES string of the molecule is CN(CCCNC(=O)Nc1ccc(Cl)c(Cl)c1)CC1OCC(O)(n2cnc3c(N)ncnc32)C1O.